The van der Waals surface area contributed by atoms with E-state index in [-0.39, 0.29) is 0 Å². The van der Waals surface area contributed by atoms with Gasteiger partial charge in [-0.1, -0.05) is 32.9 Å². The summed E-state index contributed by atoms with van der Waals surface area (Å²) in [5.74, 6) is 0.680. The first-order valence-corrected chi connectivity index (χ1v) is 5.22. The fraction of sp³-hybridized carbons (Fsp3) is 0.545. The Kier molecular flexibility index (Phi) is 2.42. The van der Waals surface area contributed by atoms with Crippen LogP contribution in [0.4, 0.5) is 0 Å². The van der Waals surface area contributed by atoms with Crippen molar-refractivity contribution in [2.24, 2.45) is 0 Å². The highest BCUT2D eigenvalue weighted by Crippen LogP contribution is 2.27. The van der Waals surface area contributed by atoms with Gasteiger partial charge in [-0.2, -0.15) is 5.10 Å². The van der Waals surface area contributed by atoms with E-state index in [4.69, 9.17) is 4.52 Å². The number of aromatic nitrogens is 3. The summed E-state index contributed by atoms with van der Waals surface area (Å²) in [5.41, 5.74) is 3.54. The molecule has 4 heteroatoms. The van der Waals surface area contributed by atoms with Gasteiger partial charge in [0.25, 0.3) is 0 Å². The Hall–Kier alpha value is -1.45. The molecule has 0 atom stereocenters. The molecule has 15 heavy (non-hydrogen) atoms. The van der Waals surface area contributed by atoms with Gasteiger partial charge in [-0.3, -0.25) is 0 Å². The van der Waals surface area contributed by atoms with Crippen LogP contribution in [0, 0.1) is 0 Å². The van der Waals surface area contributed by atoms with Gasteiger partial charge >= 0.3 is 0 Å². The zero-order valence-electron chi connectivity index (χ0n) is 9.48. The van der Waals surface area contributed by atoms with Crippen LogP contribution in [0.3, 0.4) is 0 Å². The van der Waals surface area contributed by atoms with E-state index in [1.165, 1.54) is 0 Å². The Bertz CT molecular complexity index is 474. The van der Waals surface area contributed by atoms with Gasteiger partial charge in [-0.25, -0.2) is 0 Å². The average molecular weight is 205 g/mol. The summed E-state index contributed by atoms with van der Waals surface area (Å²) in [6, 6.07) is 0. The molecule has 0 aliphatic rings. The van der Waals surface area contributed by atoms with Crippen molar-refractivity contribution in [3.05, 3.63) is 17.5 Å². The number of rotatable bonds is 2. The van der Waals surface area contributed by atoms with Crippen molar-refractivity contribution in [2.45, 2.75) is 39.5 Å². The van der Waals surface area contributed by atoms with E-state index >= 15 is 0 Å². The van der Waals surface area contributed by atoms with E-state index < -0.39 is 0 Å². The van der Waals surface area contributed by atoms with Crippen molar-refractivity contribution < 1.29 is 4.52 Å². The summed E-state index contributed by atoms with van der Waals surface area (Å²) in [7, 11) is 0. The number of hydrogen-bond donors (Lipinski definition) is 0. The van der Waals surface area contributed by atoms with E-state index in [1.807, 2.05) is 0 Å². The van der Waals surface area contributed by atoms with Crippen molar-refractivity contribution in [3.63, 3.8) is 0 Å². The van der Waals surface area contributed by atoms with E-state index in [2.05, 4.69) is 43.0 Å². The molecular formula is C11H15N3O. The van der Waals surface area contributed by atoms with Crippen LogP contribution in [0.5, 0.6) is 0 Å². The zero-order chi connectivity index (χ0) is 11.0. The molecule has 0 bridgehead atoms. The Morgan fingerprint density at radius 2 is 1.87 bits per heavy atom. The second kappa shape index (κ2) is 3.61. The lowest BCUT2D eigenvalue weighted by atomic mass is 10.0. The van der Waals surface area contributed by atoms with Crippen LogP contribution in [-0.2, 0) is 0 Å². The molecular weight excluding hydrogens is 190 g/mol. The smallest absolute Gasteiger partial charge is 0.192 e. The topological polar surface area (TPSA) is 51.8 Å². The number of nitrogens with zero attached hydrogens (tertiary/aromatic N) is 3. The SMILES string of the molecule is CC(C)c1noc2c(C(C)C)cnnc12. The minimum atomic E-state index is 0.308. The molecule has 0 N–H and O–H groups in total. The molecule has 0 saturated carbocycles. The molecule has 80 valence electrons. The lowest BCUT2D eigenvalue weighted by Gasteiger charge is -2.03. The van der Waals surface area contributed by atoms with Gasteiger partial charge in [0.05, 0.1) is 6.20 Å². The van der Waals surface area contributed by atoms with Crippen LogP contribution >= 0.6 is 0 Å². The number of hydrogen-bond acceptors (Lipinski definition) is 4. The minimum absolute atomic E-state index is 0.308. The molecule has 0 aliphatic carbocycles. The van der Waals surface area contributed by atoms with Gasteiger partial charge in [-0.05, 0) is 5.92 Å². The van der Waals surface area contributed by atoms with Gasteiger partial charge in [-0.15, -0.1) is 5.10 Å². The van der Waals surface area contributed by atoms with Crippen molar-refractivity contribution in [2.75, 3.05) is 0 Å². The highest BCUT2D eigenvalue weighted by atomic mass is 16.5. The Labute approximate surface area is 88.7 Å². The maximum Gasteiger partial charge on any atom is 0.192 e. The van der Waals surface area contributed by atoms with E-state index in [0.717, 1.165) is 22.4 Å². The fourth-order valence-electron chi connectivity index (χ4n) is 1.58. The van der Waals surface area contributed by atoms with Gasteiger partial charge in [0.15, 0.2) is 11.1 Å². The van der Waals surface area contributed by atoms with Gasteiger partial charge in [0.1, 0.15) is 5.69 Å². The largest absolute Gasteiger partial charge is 0.354 e. The normalized spacial score (nSPS) is 11.9. The lowest BCUT2D eigenvalue weighted by molar-refractivity contribution is 0.438. The third-order valence-electron chi connectivity index (χ3n) is 2.48. The standard InChI is InChI=1S/C11H15N3O/c1-6(2)8-5-12-13-10-9(7(3)4)14-15-11(8)10/h5-7H,1-4H3. The lowest BCUT2D eigenvalue weighted by Crippen LogP contribution is -1.94. The summed E-state index contributed by atoms with van der Waals surface area (Å²) < 4.78 is 5.35. The van der Waals surface area contributed by atoms with Crippen LogP contribution in [0.1, 0.15) is 50.8 Å². The fourth-order valence-corrected chi connectivity index (χ4v) is 1.58. The highest BCUT2D eigenvalue weighted by molar-refractivity contribution is 5.78. The van der Waals surface area contributed by atoms with Crippen molar-refractivity contribution in [1.82, 2.24) is 15.4 Å². The summed E-state index contributed by atoms with van der Waals surface area (Å²) in [4.78, 5) is 0. The second-order valence-corrected chi connectivity index (χ2v) is 4.35. The van der Waals surface area contributed by atoms with Crippen molar-refractivity contribution in [1.29, 1.82) is 0 Å². The molecule has 0 unspecified atom stereocenters. The first kappa shape index (κ1) is 10.1. The quantitative estimate of drug-likeness (QED) is 0.756. The van der Waals surface area contributed by atoms with Crippen LogP contribution in [0.15, 0.2) is 10.7 Å². The summed E-state index contributed by atoms with van der Waals surface area (Å²) in [6.45, 7) is 8.35. The van der Waals surface area contributed by atoms with E-state index in [9.17, 15) is 0 Å². The van der Waals surface area contributed by atoms with Crippen LogP contribution in [-0.4, -0.2) is 15.4 Å². The van der Waals surface area contributed by atoms with Gasteiger partial charge < -0.3 is 4.52 Å². The molecule has 0 radical (unpaired) electrons. The van der Waals surface area contributed by atoms with Crippen LogP contribution in [0.2, 0.25) is 0 Å². The molecule has 0 fully saturated rings. The molecule has 4 nitrogen and oxygen atoms in total. The Morgan fingerprint density at radius 1 is 1.13 bits per heavy atom. The van der Waals surface area contributed by atoms with Crippen LogP contribution in [0.25, 0.3) is 11.1 Å². The average Bonchev–Trinajstić information content (AvgIpc) is 2.59. The second-order valence-electron chi connectivity index (χ2n) is 4.35. The maximum absolute atomic E-state index is 5.35. The Morgan fingerprint density at radius 3 is 2.47 bits per heavy atom. The first-order valence-electron chi connectivity index (χ1n) is 5.22. The Balaban J connectivity index is 2.69. The molecule has 2 aromatic heterocycles. The number of fused-ring (bicyclic) bond motifs is 1. The molecule has 2 aromatic rings. The third-order valence-corrected chi connectivity index (χ3v) is 2.48. The zero-order valence-corrected chi connectivity index (χ0v) is 9.48. The van der Waals surface area contributed by atoms with E-state index in [0.29, 0.717) is 11.8 Å². The first-order chi connectivity index (χ1) is 7.11. The predicted octanol–water partition coefficient (Wildman–Crippen LogP) is 2.86. The minimum Gasteiger partial charge on any atom is -0.354 e. The monoisotopic (exact) mass is 205 g/mol. The van der Waals surface area contributed by atoms with Crippen molar-refractivity contribution in [3.8, 4) is 0 Å². The summed E-state index contributed by atoms with van der Waals surface area (Å²) >= 11 is 0. The molecule has 0 saturated heterocycles. The molecule has 2 rings (SSSR count). The highest BCUT2D eigenvalue weighted by Gasteiger charge is 2.17. The molecule has 2 heterocycles. The third kappa shape index (κ3) is 1.60. The molecule has 0 aliphatic heterocycles. The van der Waals surface area contributed by atoms with Gasteiger partial charge in [0, 0.05) is 11.5 Å². The molecule has 0 amide bonds. The van der Waals surface area contributed by atoms with Gasteiger partial charge in [0.2, 0.25) is 0 Å². The molecule has 0 aromatic carbocycles. The van der Waals surface area contributed by atoms with Crippen molar-refractivity contribution >= 4 is 11.1 Å². The van der Waals surface area contributed by atoms with Crippen LogP contribution < -0.4 is 0 Å². The summed E-state index contributed by atoms with van der Waals surface area (Å²) in [5, 5.41) is 12.2. The van der Waals surface area contributed by atoms with E-state index in [1.54, 1.807) is 6.20 Å². The molecule has 0 spiro atoms. The summed E-state index contributed by atoms with van der Waals surface area (Å²) in [6.07, 6.45) is 1.75. The maximum atomic E-state index is 5.35. The predicted molar refractivity (Wildman–Crippen MR) is 57.8 cm³/mol.